The lowest BCUT2D eigenvalue weighted by Crippen LogP contribution is -2.35. The van der Waals surface area contributed by atoms with E-state index in [4.69, 9.17) is 15.3 Å². The van der Waals surface area contributed by atoms with Crippen molar-refractivity contribution in [3.8, 4) is 17.2 Å². The van der Waals surface area contributed by atoms with Gasteiger partial charge in [-0.1, -0.05) is 81.4 Å². The zero-order valence-corrected chi connectivity index (χ0v) is 23.3. The van der Waals surface area contributed by atoms with Crippen LogP contribution in [0.4, 0.5) is 4.39 Å². The maximum atomic E-state index is 14.5. The van der Waals surface area contributed by atoms with Gasteiger partial charge in [0, 0.05) is 19.0 Å². The molecule has 0 fully saturated rings. The smallest absolute Gasteiger partial charge is 0.128 e. The molecule has 3 aromatic carbocycles. The fraction of sp³-hybridized carbons (Fsp3) is 0.312. The first kappa shape index (κ1) is 32.9. The van der Waals surface area contributed by atoms with E-state index in [0.717, 1.165) is 17.0 Å². The van der Waals surface area contributed by atoms with Crippen molar-refractivity contribution in [2.75, 3.05) is 13.6 Å². The summed E-state index contributed by atoms with van der Waals surface area (Å²) in [5.74, 6) is 0.838. The molecule has 0 amide bonds. The summed E-state index contributed by atoms with van der Waals surface area (Å²) in [5.41, 5.74) is 10.2. The van der Waals surface area contributed by atoms with E-state index < -0.39 is 0 Å². The second-order valence-corrected chi connectivity index (χ2v) is 9.63. The third kappa shape index (κ3) is 8.98. The number of hydrogen-bond donors (Lipinski definition) is 2. The predicted molar refractivity (Wildman–Crippen MR) is 157 cm³/mol. The van der Waals surface area contributed by atoms with E-state index in [2.05, 4.69) is 61.4 Å². The summed E-state index contributed by atoms with van der Waals surface area (Å²) in [6.07, 6.45) is 1.32. The molecule has 6 nitrogen and oxygen atoms in total. The predicted octanol–water partition coefficient (Wildman–Crippen LogP) is 6.22. The van der Waals surface area contributed by atoms with Crippen molar-refractivity contribution in [3.05, 3.63) is 95.3 Å². The maximum absolute atomic E-state index is 14.5. The third-order valence-corrected chi connectivity index (χ3v) is 6.91. The number of hydrogen-bond acceptors (Lipinski definition) is 5. The lowest BCUT2D eigenvalue weighted by atomic mass is 9.73. The minimum Gasteiger partial charge on any atom is -0.367 e. The van der Waals surface area contributed by atoms with Gasteiger partial charge in [0.25, 0.3) is 0 Å². The largest absolute Gasteiger partial charge is 0.367 e. The summed E-state index contributed by atoms with van der Waals surface area (Å²) in [4.78, 5) is 20.5. The average Bonchev–Trinajstić information content (AvgIpc) is 2.98. The monoisotopic (exact) mass is 530 g/mol. The molecule has 3 rings (SSSR count). The van der Waals surface area contributed by atoms with Gasteiger partial charge in [-0.15, -0.1) is 0 Å². The first-order chi connectivity index (χ1) is 18.8. The molecule has 3 N–H and O–H groups in total. The fourth-order valence-electron chi connectivity index (χ4n) is 4.45. The lowest BCUT2D eigenvalue weighted by Gasteiger charge is -2.34. The Morgan fingerprint density at radius 1 is 1.03 bits per heavy atom. The Morgan fingerprint density at radius 2 is 1.62 bits per heavy atom. The Labute approximate surface area is 231 Å². The molecule has 39 heavy (non-hydrogen) atoms. The zero-order chi connectivity index (χ0) is 29.4. The van der Waals surface area contributed by atoms with Crippen molar-refractivity contribution in [1.82, 2.24) is 5.32 Å². The molecule has 0 aromatic heterocycles. The van der Waals surface area contributed by atoms with Crippen LogP contribution in [0.5, 0.6) is 0 Å². The number of carbonyl (C=O) groups excluding carboxylic acids is 2. The molecule has 7 heteroatoms. The van der Waals surface area contributed by atoms with Gasteiger partial charge in [-0.2, -0.15) is 5.26 Å². The van der Waals surface area contributed by atoms with Crippen LogP contribution in [0, 0.1) is 22.6 Å². The number of nitrogens with two attached hydrogens (primary N) is 1. The standard InChI is InChI=1S/C30H35FN4.2CH2O/c1-21(22-13-15-23(16-14-22)25-10-6-5-9-24(25)20-33)30(2,3)19-29(34-4)35-28(17-18-32)26-11-7-8-12-27(26)31;2*1-2/h5-16,21,28H,17-19,32H2,1-4H3,(H,34,35);2*1H2/t21?,28-;;/m0../s1. The molecule has 0 radical (unpaired) electrons. The summed E-state index contributed by atoms with van der Waals surface area (Å²) >= 11 is 0. The van der Waals surface area contributed by atoms with Gasteiger partial charge in [-0.05, 0) is 53.1 Å². The number of benzene rings is 3. The molecule has 0 aliphatic rings. The van der Waals surface area contributed by atoms with E-state index in [1.807, 2.05) is 43.9 Å². The van der Waals surface area contributed by atoms with E-state index in [1.54, 1.807) is 19.2 Å². The Balaban J connectivity index is 0.00000181. The van der Waals surface area contributed by atoms with Crippen molar-refractivity contribution < 1.29 is 14.0 Å². The molecular weight excluding hydrogens is 491 g/mol. The SMILES string of the molecule is C=O.C=O.CN=C(CC(C)(C)C(C)c1ccc(-c2ccccc2C#N)cc1)N[C@@H](CCN)c1ccccc1F. The summed E-state index contributed by atoms with van der Waals surface area (Å²) in [6.45, 7) is 11.1. The van der Waals surface area contributed by atoms with Gasteiger partial charge in [-0.3, -0.25) is 4.99 Å². The summed E-state index contributed by atoms with van der Waals surface area (Å²) in [7, 11) is 1.77. The normalized spacial score (nSPS) is 12.5. The number of carbonyl (C=O) groups is 2. The van der Waals surface area contributed by atoms with Crippen LogP contribution in [0.2, 0.25) is 0 Å². The van der Waals surface area contributed by atoms with Crippen LogP contribution in [-0.4, -0.2) is 33.0 Å². The van der Waals surface area contributed by atoms with Crippen molar-refractivity contribution in [2.45, 2.75) is 45.6 Å². The van der Waals surface area contributed by atoms with E-state index in [-0.39, 0.29) is 23.2 Å². The van der Waals surface area contributed by atoms with Crippen LogP contribution in [-0.2, 0) is 9.59 Å². The van der Waals surface area contributed by atoms with Crippen LogP contribution in [0.15, 0.2) is 77.8 Å². The molecule has 0 saturated heterocycles. The lowest BCUT2D eigenvalue weighted by molar-refractivity contribution is -0.0987. The molecule has 2 atom stereocenters. The van der Waals surface area contributed by atoms with Crippen molar-refractivity contribution in [3.63, 3.8) is 0 Å². The highest BCUT2D eigenvalue weighted by Crippen LogP contribution is 2.39. The van der Waals surface area contributed by atoms with Crippen LogP contribution >= 0.6 is 0 Å². The summed E-state index contributed by atoms with van der Waals surface area (Å²) < 4.78 is 14.5. The number of amidine groups is 1. The highest BCUT2D eigenvalue weighted by atomic mass is 19.1. The molecule has 0 spiro atoms. The topological polar surface area (TPSA) is 108 Å². The molecule has 0 aliphatic carbocycles. The molecule has 0 heterocycles. The molecule has 0 bridgehead atoms. The maximum Gasteiger partial charge on any atom is 0.128 e. The Hall–Kier alpha value is -4.15. The van der Waals surface area contributed by atoms with Crippen LogP contribution in [0.3, 0.4) is 0 Å². The number of halogens is 1. The van der Waals surface area contributed by atoms with E-state index in [9.17, 15) is 9.65 Å². The number of nitrogens with one attached hydrogen (secondary N) is 1. The number of aliphatic imine (C=N–C) groups is 1. The number of nitriles is 1. The quantitative estimate of drug-likeness (QED) is 0.252. The van der Waals surface area contributed by atoms with Crippen molar-refractivity contribution >= 4 is 19.4 Å². The first-order valence-electron chi connectivity index (χ1n) is 12.6. The molecule has 206 valence electrons. The number of nitrogens with zero attached hydrogens (tertiary/aromatic N) is 2. The minimum atomic E-state index is -0.236. The molecule has 0 aliphatic heterocycles. The summed E-state index contributed by atoms with van der Waals surface area (Å²) in [6, 6.07) is 25.0. The molecular formula is C32H39FN4O2. The van der Waals surface area contributed by atoms with Gasteiger partial charge in [0.05, 0.1) is 23.5 Å². The molecule has 0 saturated carbocycles. The highest BCUT2D eigenvalue weighted by molar-refractivity contribution is 5.83. The first-order valence-corrected chi connectivity index (χ1v) is 12.6. The van der Waals surface area contributed by atoms with Gasteiger partial charge >= 0.3 is 0 Å². The number of rotatable bonds is 9. The Morgan fingerprint density at radius 3 is 2.18 bits per heavy atom. The summed E-state index contributed by atoms with van der Waals surface area (Å²) in [5, 5.41) is 12.9. The molecule has 3 aromatic rings. The van der Waals surface area contributed by atoms with Gasteiger partial charge in [0.15, 0.2) is 0 Å². The Bertz CT molecular complexity index is 1230. The van der Waals surface area contributed by atoms with Gasteiger partial charge < -0.3 is 20.6 Å². The average molecular weight is 531 g/mol. The Kier molecular flexibility index (Phi) is 14.0. The van der Waals surface area contributed by atoms with Crippen LogP contribution in [0.25, 0.3) is 11.1 Å². The van der Waals surface area contributed by atoms with E-state index in [0.29, 0.717) is 30.5 Å². The van der Waals surface area contributed by atoms with Crippen LogP contribution < -0.4 is 11.1 Å². The van der Waals surface area contributed by atoms with Crippen molar-refractivity contribution in [1.29, 1.82) is 5.26 Å². The van der Waals surface area contributed by atoms with Gasteiger partial charge in [-0.25, -0.2) is 4.39 Å². The van der Waals surface area contributed by atoms with Crippen LogP contribution in [0.1, 0.15) is 62.3 Å². The second-order valence-electron chi connectivity index (χ2n) is 9.63. The zero-order valence-electron chi connectivity index (χ0n) is 23.3. The highest BCUT2D eigenvalue weighted by Gasteiger charge is 2.30. The fourth-order valence-corrected chi connectivity index (χ4v) is 4.45. The van der Waals surface area contributed by atoms with Gasteiger partial charge in [0.1, 0.15) is 19.4 Å². The van der Waals surface area contributed by atoms with Gasteiger partial charge in [0.2, 0.25) is 0 Å². The van der Waals surface area contributed by atoms with E-state index in [1.165, 1.54) is 11.6 Å². The third-order valence-electron chi connectivity index (χ3n) is 6.91. The minimum absolute atomic E-state index is 0.115. The van der Waals surface area contributed by atoms with Crippen molar-refractivity contribution in [2.24, 2.45) is 16.1 Å². The van der Waals surface area contributed by atoms with E-state index >= 15 is 0 Å². The molecule has 1 unspecified atom stereocenters. The second kappa shape index (κ2) is 16.6.